The standard InChI is InChI=1S/C16H19N3OS/c1-18-9-12(8-17-18)13-7-14(13)16(20)19-5-2-3-15(19)11-4-6-21-10-11/h4,6,8-10,13-15H,2-3,5,7H2,1H3/t13-,14-,15+/m0/s1. The molecule has 21 heavy (non-hydrogen) atoms. The van der Waals surface area contributed by atoms with Crippen molar-refractivity contribution >= 4 is 17.2 Å². The first-order valence-corrected chi connectivity index (χ1v) is 8.49. The van der Waals surface area contributed by atoms with Crippen molar-refractivity contribution < 1.29 is 4.79 Å². The lowest BCUT2D eigenvalue weighted by Gasteiger charge is -2.24. The summed E-state index contributed by atoms with van der Waals surface area (Å²) in [5.41, 5.74) is 2.52. The van der Waals surface area contributed by atoms with Gasteiger partial charge in [-0.05, 0) is 53.1 Å². The largest absolute Gasteiger partial charge is 0.335 e. The minimum Gasteiger partial charge on any atom is -0.335 e. The number of nitrogens with zero attached hydrogens (tertiary/aromatic N) is 3. The van der Waals surface area contributed by atoms with Crippen molar-refractivity contribution in [1.82, 2.24) is 14.7 Å². The number of amides is 1. The Labute approximate surface area is 128 Å². The van der Waals surface area contributed by atoms with Crippen molar-refractivity contribution in [2.24, 2.45) is 13.0 Å². The minimum absolute atomic E-state index is 0.174. The summed E-state index contributed by atoms with van der Waals surface area (Å²) in [6, 6.07) is 2.46. The summed E-state index contributed by atoms with van der Waals surface area (Å²) in [7, 11) is 1.93. The summed E-state index contributed by atoms with van der Waals surface area (Å²) in [4.78, 5) is 14.9. The van der Waals surface area contributed by atoms with Crippen molar-refractivity contribution in [3.05, 3.63) is 40.3 Å². The molecule has 0 spiro atoms. The van der Waals surface area contributed by atoms with Gasteiger partial charge in [-0.1, -0.05) is 0 Å². The van der Waals surface area contributed by atoms with E-state index in [1.807, 2.05) is 24.1 Å². The molecule has 1 saturated carbocycles. The van der Waals surface area contributed by atoms with Gasteiger partial charge in [-0.15, -0.1) is 0 Å². The van der Waals surface area contributed by atoms with Crippen LogP contribution >= 0.6 is 11.3 Å². The third kappa shape index (κ3) is 2.29. The molecule has 3 heterocycles. The van der Waals surface area contributed by atoms with Crippen molar-refractivity contribution in [3.8, 4) is 0 Å². The number of hydrogen-bond acceptors (Lipinski definition) is 3. The number of aryl methyl sites for hydroxylation is 1. The molecule has 1 aliphatic heterocycles. The van der Waals surface area contributed by atoms with Crippen LogP contribution in [0, 0.1) is 5.92 Å². The quantitative estimate of drug-likeness (QED) is 0.874. The van der Waals surface area contributed by atoms with Gasteiger partial charge in [0.1, 0.15) is 0 Å². The van der Waals surface area contributed by atoms with Crippen molar-refractivity contribution in [2.45, 2.75) is 31.2 Å². The molecule has 3 atom stereocenters. The highest BCUT2D eigenvalue weighted by molar-refractivity contribution is 7.07. The fourth-order valence-electron chi connectivity index (χ4n) is 3.52. The summed E-state index contributed by atoms with van der Waals surface area (Å²) in [5.74, 6) is 0.904. The van der Waals surface area contributed by atoms with Gasteiger partial charge in [0.05, 0.1) is 12.2 Å². The van der Waals surface area contributed by atoms with Gasteiger partial charge in [-0.25, -0.2) is 0 Å². The normalized spacial score (nSPS) is 28.0. The third-order valence-electron chi connectivity index (χ3n) is 4.72. The van der Waals surface area contributed by atoms with Gasteiger partial charge in [0, 0.05) is 25.7 Å². The van der Waals surface area contributed by atoms with E-state index in [1.54, 1.807) is 11.3 Å². The molecule has 0 unspecified atom stereocenters. The van der Waals surface area contributed by atoms with Crippen LogP contribution in [0.5, 0.6) is 0 Å². The highest BCUT2D eigenvalue weighted by Gasteiger charge is 2.48. The van der Waals surface area contributed by atoms with Gasteiger partial charge in [0.2, 0.25) is 5.91 Å². The zero-order chi connectivity index (χ0) is 14.4. The van der Waals surface area contributed by atoms with Gasteiger partial charge in [-0.3, -0.25) is 9.48 Å². The fraction of sp³-hybridized carbons (Fsp3) is 0.500. The minimum atomic E-state index is 0.174. The molecule has 2 aromatic rings. The van der Waals surface area contributed by atoms with Crippen LogP contribution in [0.1, 0.15) is 42.3 Å². The predicted octanol–water partition coefficient (Wildman–Crippen LogP) is 2.95. The first-order chi connectivity index (χ1) is 10.2. The molecule has 4 rings (SSSR count). The van der Waals surface area contributed by atoms with Crippen LogP contribution in [0.15, 0.2) is 29.2 Å². The van der Waals surface area contributed by atoms with Crippen LogP contribution in [0.3, 0.4) is 0 Å². The van der Waals surface area contributed by atoms with E-state index in [0.717, 1.165) is 25.8 Å². The number of carbonyl (C=O) groups is 1. The van der Waals surface area contributed by atoms with Crippen molar-refractivity contribution in [3.63, 3.8) is 0 Å². The Hall–Kier alpha value is -1.62. The first kappa shape index (κ1) is 13.1. The summed E-state index contributed by atoms with van der Waals surface area (Å²) in [6.45, 7) is 0.912. The highest BCUT2D eigenvalue weighted by Crippen LogP contribution is 2.50. The second-order valence-corrected chi connectivity index (χ2v) is 6.92. The smallest absolute Gasteiger partial charge is 0.226 e. The molecule has 5 heteroatoms. The van der Waals surface area contributed by atoms with Crippen LogP contribution in [0.25, 0.3) is 0 Å². The van der Waals surface area contributed by atoms with E-state index >= 15 is 0 Å². The average Bonchev–Trinajstić information content (AvgIpc) is 2.94. The molecule has 2 aromatic heterocycles. The lowest BCUT2D eigenvalue weighted by Crippen LogP contribution is -2.31. The van der Waals surface area contributed by atoms with E-state index in [9.17, 15) is 4.79 Å². The molecule has 4 nitrogen and oxygen atoms in total. The lowest BCUT2D eigenvalue weighted by molar-refractivity contribution is -0.133. The zero-order valence-electron chi connectivity index (χ0n) is 12.1. The number of rotatable bonds is 3. The second kappa shape index (κ2) is 4.98. The average molecular weight is 301 g/mol. The van der Waals surface area contributed by atoms with E-state index in [1.165, 1.54) is 11.1 Å². The second-order valence-electron chi connectivity index (χ2n) is 6.14. The third-order valence-corrected chi connectivity index (χ3v) is 5.43. The van der Waals surface area contributed by atoms with Crippen LogP contribution in [0.4, 0.5) is 0 Å². The Morgan fingerprint density at radius 3 is 3.05 bits per heavy atom. The molecule has 110 valence electrons. The fourth-order valence-corrected chi connectivity index (χ4v) is 4.23. The summed E-state index contributed by atoms with van der Waals surface area (Å²) in [6.07, 6.45) is 7.15. The van der Waals surface area contributed by atoms with Gasteiger partial charge in [0.25, 0.3) is 0 Å². The molecule has 0 aromatic carbocycles. The molecule has 0 radical (unpaired) electrons. The molecule has 0 bridgehead atoms. The number of hydrogen-bond donors (Lipinski definition) is 0. The number of carbonyl (C=O) groups excluding carboxylic acids is 1. The Morgan fingerprint density at radius 1 is 1.43 bits per heavy atom. The van der Waals surface area contributed by atoms with E-state index in [4.69, 9.17) is 0 Å². The Balaban J connectivity index is 1.48. The maximum Gasteiger partial charge on any atom is 0.226 e. The predicted molar refractivity (Wildman–Crippen MR) is 82.1 cm³/mol. The van der Waals surface area contributed by atoms with Gasteiger partial charge in [0.15, 0.2) is 0 Å². The molecular formula is C16H19N3OS. The topological polar surface area (TPSA) is 38.1 Å². The number of aromatic nitrogens is 2. The lowest BCUT2D eigenvalue weighted by atomic mass is 10.1. The van der Waals surface area contributed by atoms with Crippen LogP contribution in [0.2, 0.25) is 0 Å². The zero-order valence-corrected chi connectivity index (χ0v) is 12.9. The molecule has 2 fully saturated rings. The molecule has 2 aliphatic rings. The first-order valence-electron chi connectivity index (χ1n) is 7.55. The van der Waals surface area contributed by atoms with Crippen molar-refractivity contribution in [1.29, 1.82) is 0 Å². The maximum absolute atomic E-state index is 12.8. The molecule has 1 saturated heterocycles. The van der Waals surface area contributed by atoms with Crippen molar-refractivity contribution in [2.75, 3.05) is 6.54 Å². The SMILES string of the molecule is Cn1cc([C@@H]2C[C@@H]2C(=O)N2CCC[C@@H]2c2ccsc2)cn1. The molecule has 1 amide bonds. The van der Waals surface area contributed by atoms with E-state index in [0.29, 0.717) is 17.9 Å². The van der Waals surface area contributed by atoms with E-state index in [2.05, 4.69) is 26.8 Å². The summed E-state index contributed by atoms with van der Waals surface area (Å²) in [5, 5.41) is 8.50. The number of likely N-dealkylation sites (tertiary alicyclic amines) is 1. The van der Waals surface area contributed by atoms with E-state index < -0.39 is 0 Å². The van der Waals surface area contributed by atoms with E-state index in [-0.39, 0.29) is 5.92 Å². The summed E-state index contributed by atoms with van der Waals surface area (Å²) < 4.78 is 1.82. The van der Waals surface area contributed by atoms with Crippen LogP contribution < -0.4 is 0 Å². The van der Waals surface area contributed by atoms with Gasteiger partial charge >= 0.3 is 0 Å². The molecule has 1 aliphatic carbocycles. The van der Waals surface area contributed by atoms with Gasteiger partial charge < -0.3 is 4.90 Å². The van der Waals surface area contributed by atoms with Crippen LogP contribution in [-0.4, -0.2) is 27.1 Å². The molecule has 0 N–H and O–H groups in total. The Kier molecular flexibility index (Phi) is 3.10. The Bertz CT molecular complexity index is 648. The highest BCUT2D eigenvalue weighted by atomic mass is 32.1. The Morgan fingerprint density at radius 2 is 2.33 bits per heavy atom. The number of thiophene rings is 1. The maximum atomic E-state index is 12.8. The monoisotopic (exact) mass is 301 g/mol. The van der Waals surface area contributed by atoms with Crippen LogP contribution in [-0.2, 0) is 11.8 Å². The summed E-state index contributed by atoms with van der Waals surface area (Å²) >= 11 is 1.72. The molecular weight excluding hydrogens is 282 g/mol. The van der Waals surface area contributed by atoms with Gasteiger partial charge in [-0.2, -0.15) is 16.4 Å².